The summed E-state index contributed by atoms with van der Waals surface area (Å²) in [6, 6.07) is 6.55. The van der Waals surface area contributed by atoms with Crippen LogP contribution in [0.25, 0.3) is 21.6 Å². The minimum absolute atomic E-state index is 0.603. The van der Waals surface area contributed by atoms with Gasteiger partial charge in [-0.25, -0.2) is 0 Å². The van der Waals surface area contributed by atoms with Gasteiger partial charge in [-0.05, 0) is 16.7 Å². The lowest BCUT2D eigenvalue weighted by atomic mass is 10.0. The molecule has 0 unspecified atom stereocenters. The zero-order valence-corrected chi connectivity index (χ0v) is 10.9. The molecule has 1 heterocycles. The SMILES string of the molecule is CO[C@H](c1ccc(-c2cn[nH]c2)cc1)[C@@H](CF)N=[N+]=[N-]. The molecule has 2 aromatic rings. The number of halogens is 1. The summed E-state index contributed by atoms with van der Waals surface area (Å²) < 4.78 is 18.2. The lowest BCUT2D eigenvalue weighted by Gasteiger charge is -2.20. The van der Waals surface area contributed by atoms with Crippen LogP contribution in [0.2, 0.25) is 0 Å². The van der Waals surface area contributed by atoms with Crippen molar-refractivity contribution < 1.29 is 9.13 Å². The fraction of sp³-hybridized carbons (Fsp3) is 0.308. The maximum Gasteiger partial charge on any atom is 0.101 e. The van der Waals surface area contributed by atoms with Gasteiger partial charge < -0.3 is 4.74 Å². The number of hydrogen-bond donors (Lipinski definition) is 1. The first kappa shape index (κ1) is 14.0. The molecule has 0 aliphatic rings. The van der Waals surface area contributed by atoms with E-state index in [0.717, 1.165) is 16.7 Å². The second-order valence-electron chi connectivity index (χ2n) is 4.19. The first-order chi connectivity index (χ1) is 9.80. The predicted molar refractivity (Wildman–Crippen MR) is 72.7 cm³/mol. The third kappa shape index (κ3) is 2.96. The molecule has 7 heteroatoms. The normalized spacial score (nSPS) is 13.5. The van der Waals surface area contributed by atoms with E-state index in [-0.39, 0.29) is 0 Å². The largest absolute Gasteiger partial charge is 0.376 e. The number of benzene rings is 1. The van der Waals surface area contributed by atoms with Gasteiger partial charge in [0.1, 0.15) is 6.67 Å². The van der Waals surface area contributed by atoms with Gasteiger partial charge in [-0.3, -0.25) is 9.49 Å². The third-order valence-corrected chi connectivity index (χ3v) is 3.03. The molecule has 1 aromatic heterocycles. The second-order valence-corrected chi connectivity index (χ2v) is 4.19. The van der Waals surface area contributed by atoms with E-state index in [2.05, 4.69) is 20.2 Å². The van der Waals surface area contributed by atoms with Gasteiger partial charge in [-0.2, -0.15) is 5.10 Å². The summed E-state index contributed by atoms with van der Waals surface area (Å²) in [5.74, 6) is 0. The van der Waals surface area contributed by atoms with E-state index in [1.54, 1.807) is 12.4 Å². The Balaban J connectivity index is 2.25. The Morgan fingerprint density at radius 1 is 1.40 bits per heavy atom. The highest BCUT2D eigenvalue weighted by atomic mass is 19.1. The van der Waals surface area contributed by atoms with Crippen LogP contribution in [0.15, 0.2) is 41.8 Å². The van der Waals surface area contributed by atoms with Crippen LogP contribution in [0.4, 0.5) is 4.39 Å². The van der Waals surface area contributed by atoms with Crippen LogP contribution in [0.5, 0.6) is 0 Å². The monoisotopic (exact) mass is 275 g/mol. The average molecular weight is 275 g/mol. The van der Waals surface area contributed by atoms with E-state index in [9.17, 15) is 4.39 Å². The molecule has 0 radical (unpaired) electrons. The maximum atomic E-state index is 12.9. The van der Waals surface area contributed by atoms with Crippen molar-refractivity contribution in [3.63, 3.8) is 0 Å². The quantitative estimate of drug-likeness (QED) is 0.497. The van der Waals surface area contributed by atoms with Crippen molar-refractivity contribution in [3.8, 4) is 11.1 Å². The molecule has 6 nitrogen and oxygen atoms in total. The maximum absolute atomic E-state index is 12.9. The van der Waals surface area contributed by atoms with Gasteiger partial charge in [0.25, 0.3) is 0 Å². The Morgan fingerprint density at radius 2 is 2.15 bits per heavy atom. The molecule has 1 N–H and O–H groups in total. The number of azide groups is 1. The van der Waals surface area contributed by atoms with Gasteiger partial charge in [0, 0.05) is 23.8 Å². The molecule has 0 bridgehead atoms. The molecule has 104 valence electrons. The first-order valence-electron chi connectivity index (χ1n) is 6.02. The Morgan fingerprint density at radius 3 is 2.65 bits per heavy atom. The van der Waals surface area contributed by atoms with Crippen molar-refractivity contribution in [2.75, 3.05) is 13.8 Å². The number of aromatic nitrogens is 2. The van der Waals surface area contributed by atoms with E-state index in [4.69, 9.17) is 10.3 Å². The highest BCUT2D eigenvalue weighted by molar-refractivity contribution is 5.61. The zero-order valence-electron chi connectivity index (χ0n) is 10.9. The summed E-state index contributed by atoms with van der Waals surface area (Å²) in [6.45, 7) is -0.772. The third-order valence-electron chi connectivity index (χ3n) is 3.03. The van der Waals surface area contributed by atoms with Gasteiger partial charge >= 0.3 is 0 Å². The Labute approximate surface area is 115 Å². The van der Waals surface area contributed by atoms with Crippen LogP contribution < -0.4 is 0 Å². The molecule has 0 aliphatic carbocycles. The van der Waals surface area contributed by atoms with Crippen molar-refractivity contribution in [1.29, 1.82) is 0 Å². The van der Waals surface area contributed by atoms with Gasteiger partial charge in [-0.1, -0.05) is 29.4 Å². The van der Waals surface area contributed by atoms with Gasteiger partial charge in [-0.15, -0.1) is 0 Å². The number of rotatable bonds is 6. The van der Waals surface area contributed by atoms with Crippen LogP contribution in [-0.2, 0) is 4.74 Å². The number of nitrogens with one attached hydrogen (secondary N) is 1. The molecule has 1 aromatic carbocycles. The molecule has 0 saturated carbocycles. The van der Waals surface area contributed by atoms with Crippen LogP contribution in [-0.4, -0.2) is 30.0 Å². The van der Waals surface area contributed by atoms with Gasteiger partial charge in [0.15, 0.2) is 0 Å². The van der Waals surface area contributed by atoms with Crippen LogP contribution in [0.1, 0.15) is 11.7 Å². The van der Waals surface area contributed by atoms with Crippen LogP contribution >= 0.6 is 0 Å². The minimum atomic E-state index is -0.871. The number of methoxy groups -OCH3 is 1. The topological polar surface area (TPSA) is 86.7 Å². The number of nitrogens with zero attached hydrogens (tertiary/aromatic N) is 4. The summed E-state index contributed by atoms with van der Waals surface area (Å²) in [6.07, 6.45) is 2.90. The van der Waals surface area contributed by atoms with E-state index in [1.165, 1.54) is 7.11 Å². The van der Waals surface area contributed by atoms with E-state index >= 15 is 0 Å². The van der Waals surface area contributed by atoms with Crippen LogP contribution in [0, 0.1) is 0 Å². The Bertz CT molecular complexity index is 577. The predicted octanol–water partition coefficient (Wildman–Crippen LogP) is 3.41. The second kappa shape index (κ2) is 6.70. The summed E-state index contributed by atoms with van der Waals surface area (Å²) in [4.78, 5) is 2.65. The Kier molecular flexibility index (Phi) is 4.70. The molecule has 2 atom stereocenters. The lowest BCUT2D eigenvalue weighted by Crippen LogP contribution is -2.20. The van der Waals surface area contributed by atoms with Gasteiger partial charge in [0.2, 0.25) is 0 Å². The van der Waals surface area contributed by atoms with Crippen LogP contribution in [0.3, 0.4) is 0 Å². The molecule has 0 saturated heterocycles. The zero-order chi connectivity index (χ0) is 14.4. The van der Waals surface area contributed by atoms with Crippen molar-refractivity contribution in [2.45, 2.75) is 12.1 Å². The number of hydrogen-bond acceptors (Lipinski definition) is 3. The van der Waals surface area contributed by atoms with E-state index in [0.29, 0.717) is 0 Å². The summed E-state index contributed by atoms with van der Waals surface area (Å²) in [7, 11) is 1.46. The molecule has 0 fully saturated rings. The fourth-order valence-electron chi connectivity index (χ4n) is 2.03. The summed E-state index contributed by atoms with van der Waals surface area (Å²) >= 11 is 0. The van der Waals surface area contributed by atoms with Crippen molar-refractivity contribution in [1.82, 2.24) is 10.2 Å². The standard InChI is InChI=1S/C13H14FN5O/c1-20-13(12(6-14)18-19-15)10-4-2-9(3-5-10)11-7-16-17-8-11/h2-5,7-8,12-13H,6H2,1H3,(H,16,17)/t12-,13-/m1/s1. The van der Waals surface area contributed by atoms with Crippen molar-refractivity contribution in [2.24, 2.45) is 5.11 Å². The summed E-state index contributed by atoms with van der Waals surface area (Å²) in [5.41, 5.74) is 11.2. The number of alkyl halides is 1. The van der Waals surface area contributed by atoms with Crippen molar-refractivity contribution in [3.05, 3.63) is 52.7 Å². The molecule has 2 rings (SSSR count). The van der Waals surface area contributed by atoms with E-state index in [1.807, 2.05) is 24.3 Å². The number of H-pyrrole nitrogens is 1. The molecule has 0 aliphatic heterocycles. The molecule has 0 amide bonds. The Hall–Kier alpha value is -2.37. The van der Waals surface area contributed by atoms with Gasteiger partial charge in [0.05, 0.1) is 18.3 Å². The number of aromatic amines is 1. The van der Waals surface area contributed by atoms with Crippen molar-refractivity contribution >= 4 is 0 Å². The fourth-order valence-corrected chi connectivity index (χ4v) is 2.03. The molecule has 20 heavy (non-hydrogen) atoms. The summed E-state index contributed by atoms with van der Waals surface area (Å²) in [5, 5.41) is 10.1. The molecular formula is C13H14FN5O. The highest BCUT2D eigenvalue weighted by Gasteiger charge is 2.22. The average Bonchev–Trinajstić information content (AvgIpc) is 3.02. The smallest absolute Gasteiger partial charge is 0.101 e. The van der Waals surface area contributed by atoms with E-state index < -0.39 is 18.8 Å². The molecular weight excluding hydrogens is 261 g/mol. The first-order valence-corrected chi connectivity index (χ1v) is 6.02. The number of ether oxygens (including phenoxy) is 1. The molecule has 0 spiro atoms. The minimum Gasteiger partial charge on any atom is -0.376 e. The highest BCUT2D eigenvalue weighted by Crippen LogP contribution is 2.26. The lowest BCUT2D eigenvalue weighted by molar-refractivity contribution is 0.0722.